The maximum atomic E-state index is 9.12. The first-order valence-corrected chi connectivity index (χ1v) is 8.20. The minimum absolute atomic E-state index is 0.272. The van der Waals surface area contributed by atoms with Crippen molar-refractivity contribution in [1.82, 2.24) is 9.55 Å². The molecular formula is C18H21N3. The summed E-state index contributed by atoms with van der Waals surface area (Å²) in [4.78, 5) is 5.02. The van der Waals surface area contributed by atoms with Crippen LogP contribution in [0, 0.1) is 11.3 Å². The zero-order valence-electron chi connectivity index (χ0n) is 12.6. The van der Waals surface area contributed by atoms with Gasteiger partial charge in [0.15, 0.2) is 0 Å². The Morgan fingerprint density at radius 1 is 1.33 bits per heavy atom. The molecule has 0 spiro atoms. The molecule has 2 aliphatic carbocycles. The molecule has 0 radical (unpaired) electrons. The zero-order valence-corrected chi connectivity index (χ0v) is 12.6. The van der Waals surface area contributed by atoms with Gasteiger partial charge in [0.25, 0.3) is 0 Å². The van der Waals surface area contributed by atoms with Gasteiger partial charge in [-0.3, -0.25) is 0 Å². The number of aromatic nitrogens is 2. The number of rotatable bonds is 3. The van der Waals surface area contributed by atoms with Crippen molar-refractivity contribution in [3.63, 3.8) is 0 Å². The fourth-order valence-corrected chi connectivity index (χ4v) is 4.03. The molecule has 1 aromatic carbocycles. The molecule has 108 valence electrons. The average Bonchev–Trinajstić information content (AvgIpc) is 3.12. The van der Waals surface area contributed by atoms with Crippen LogP contribution in [0.4, 0.5) is 0 Å². The highest BCUT2D eigenvalue weighted by molar-refractivity contribution is 5.78. The summed E-state index contributed by atoms with van der Waals surface area (Å²) in [5.74, 6) is 1.30. The quantitative estimate of drug-likeness (QED) is 0.832. The van der Waals surface area contributed by atoms with E-state index in [4.69, 9.17) is 10.2 Å². The molecule has 3 nitrogen and oxygen atoms in total. The van der Waals surface area contributed by atoms with Crippen molar-refractivity contribution >= 4 is 11.0 Å². The fraction of sp³-hybridized carbons (Fsp3) is 0.556. The molecule has 4 rings (SSSR count). The molecule has 0 N–H and O–H groups in total. The van der Waals surface area contributed by atoms with Gasteiger partial charge in [0.2, 0.25) is 0 Å². The van der Waals surface area contributed by atoms with Crippen molar-refractivity contribution < 1.29 is 0 Å². The number of hydrogen-bond donors (Lipinski definition) is 0. The summed E-state index contributed by atoms with van der Waals surface area (Å²) in [6, 6.07) is 8.86. The van der Waals surface area contributed by atoms with Gasteiger partial charge in [0.05, 0.1) is 22.7 Å². The van der Waals surface area contributed by atoms with Crippen molar-refractivity contribution in [2.24, 2.45) is 0 Å². The topological polar surface area (TPSA) is 41.6 Å². The SMILES string of the molecule is CCC1(c2nc3cc(C#N)ccc3n2C2CC2)CCCC1. The first-order valence-electron chi connectivity index (χ1n) is 8.20. The molecule has 2 fully saturated rings. The Morgan fingerprint density at radius 2 is 2.10 bits per heavy atom. The lowest BCUT2D eigenvalue weighted by molar-refractivity contribution is 0.382. The lowest BCUT2D eigenvalue weighted by Gasteiger charge is -2.28. The van der Waals surface area contributed by atoms with Gasteiger partial charge in [-0.25, -0.2) is 4.98 Å². The number of nitrogens with zero attached hydrogens (tertiary/aromatic N) is 3. The third kappa shape index (κ3) is 1.89. The predicted molar refractivity (Wildman–Crippen MR) is 83.2 cm³/mol. The molecular weight excluding hydrogens is 258 g/mol. The predicted octanol–water partition coefficient (Wildman–Crippen LogP) is 4.46. The maximum absolute atomic E-state index is 9.12. The van der Waals surface area contributed by atoms with Gasteiger partial charge in [-0.1, -0.05) is 19.8 Å². The van der Waals surface area contributed by atoms with Gasteiger partial charge >= 0.3 is 0 Å². The average molecular weight is 279 g/mol. The number of benzene rings is 1. The Kier molecular flexibility index (Phi) is 2.82. The number of hydrogen-bond acceptors (Lipinski definition) is 2. The van der Waals surface area contributed by atoms with Crippen LogP contribution in [0.25, 0.3) is 11.0 Å². The number of nitriles is 1. The minimum atomic E-state index is 0.272. The Hall–Kier alpha value is -1.82. The first-order chi connectivity index (χ1) is 10.3. The number of fused-ring (bicyclic) bond motifs is 1. The molecule has 0 atom stereocenters. The van der Waals surface area contributed by atoms with Crippen molar-refractivity contribution in [2.75, 3.05) is 0 Å². The Balaban J connectivity index is 1.95. The van der Waals surface area contributed by atoms with Gasteiger partial charge in [0, 0.05) is 11.5 Å². The highest BCUT2D eigenvalue weighted by Crippen LogP contribution is 2.48. The molecule has 2 saturated carbocycles. The van der Waals surface area contributed by atoms with Crippen LogP contribution in [-0.2, 0) is 5.41 Å². The van der Waals surface area contributed by atoms with Gasteiger partial charge in [0.1, 0.15) is 5.82 Å². The molecule has 3 heteroatoms. The molecule has 0 aliphatic heterocycles. The second kappa shape index (κ2) is 4.59. The van der Waals surface area contributed by atoms with E-state index in [1.165, 1.54) is 56.3 Å². The van der Waals surface area contributed by atoms with Gasteiger partial charge < -0.3 is 4.57 Å². The van der Waals surface area contributed by atoms with E-state index >= 15 is 0 Å². The highest BCUT2D eigenvalue weighted by atomic mass is 15.1. The summed E-state index contributed by atoms with van der Waals surface area (Å²) in [5.41, 5.74) is 3.22. The van der Waals surface area contributed by atoms with Crippen molar-refractivity contribution in [3.8, 4) is 6.07 Å². The summed E-state index contributed by atoms with van der Waals surface area (Å²) in [5, 5.41) is 9.12. The molecule has 0 amide bonds. The molecule has 0 saturated heterocycles. The van der Waals surface area contributed by atoms with Crippen molar-refractivity contribution in [1.29, 1.82) is 5.26 Å². The van der Waals surface area contributed by atoms with E-state index in [0.717, 1.165) is 5.52 Å². The van der Waals surface area contributed by atoms with Crippen molar-refractivity contribution in [2.45, 2.75) is 63.3 Å². The third-order valence-corrected chi connectivity index (χ3v) is 5.44. The Bertz CT molecular complexity index is 725. The lowest BCUT2D eigenvalue weighted by Crippen LogP contribution is -2.25. The van der Waals surface area contributed by atoms with Crippen LogP contribution >= 0.6 is 0 Å². The van der Waals surface area contributed by atoms with E-state index in [-0.39, 0.29) is 5.41 Å². The first kappa shape index (κ1) is 12.9. The Morgan fingerprint density at radius 3 is 2.71 bits per heavy atom. The zero-order chi connectivity index (χ0) is 14.4. The highest BCUT2D eigenvalue weighted by Gasteiger charge is 2.41. The van der Waals surface area contributed by atoms with Crippen LogP contribution in [-0.4, -0.2) is 9.55 Å². The van der Waals surface area contributed by atoms with E-state index in [1.807, 2.05) is 12.1 Å². The van der Waals surface area contributed by atoms with Crippen LogP contribution in [0.2, 0.25) is 0 Å². The number of imidazole rings is 1. The van der Waals surface area contributed by atoms with Gasteiger partial charge in [-0.15, -0.1) is 0 Å². The normalized spacial score (nSPS) is 20.8. The standard InChI is InChI=1S/C18H21N3/c1-2-18(9-3-4-10-18)17-20-15-11-13(12-19)5-8-16(15)21(17)14-6-7-14/h5,8,11,14H,2-4,6-7,9-10H2,1H3. The van der Waals surface area contributed by atoms with E-state index in [2.05, 4.69) is 23.6 Å². The van der Waals surface area contributed by atoms with Crippen LogP contribution in [0.5, 0.6) is 0 Å². The second-order valence-corrected chi connectivity index (χ2v) is 6.69. The van der Waals surface area contributed by atoms with Gasteiger partial charge in [-0.2, -0.15) is 5.26 Å². The molecule has 0 bridgehead atoms. The molecule has 21 heavy (non-hydrogen) atoms. The largest absolute Gasteiger partial charge is 0.324 e. The second-order valence-electron chi connectivity index (χ2n) is 6.69. The van der Waals surface area contributed by atoms with Crippen LogP contribution in [0.1, 0.15) is 69.3 Å². The lowest BCUT2D eigenvalue weighted by atomic mass is 9.82. The van der Waals surface area contributed by atoms with Crippen molar-refractivity contribution in [3.05, 3.63) is 29.6 Å². The maximum Gasteiger partial charge on any atom is 0.116 e. The summed E-state index contributed by atoms with van der Waals surface area (Å²) in [6.07, 6.45) is 8.91. The molecule has 1 aromatic heterocycles. The van der Waals surface area contributed by atoms with Crippen LogP contribution in [0.3, 0.4) is 0 Å². The smallest absolute Gasteiger partial charge is 0.116 e. The minimum Gasteiger partial charge on any atom is -0.324 e. The summed E-state index contributed by atoms with van der Waals surface area (Å²) in [7, 11) is 0. The summed E-state index contributed by atoms with van der Waals surface area (Å²) >= 11 is 0. The van der Waals surface area contributed by atoms with Crippen LogP contribution < -0.4 is 0 Å². The molecule has 0 unspecified atom stereocenters. The molecule has 2 aliphatic rings. The van der Waals surface area contributed by atoms with E-state index in [9.17, 15) is 0 Å². The van der Waals surface area contributed by atoms with E-state index in [0.29, 0.717) is 11.6 Å². The Labute approximate surface area is 125 Å². The fourth-order valence-electron chi connectivity index (χ4n) is 4.03. The molecule has 2 aromatic rings. The van der Waals surface area contributed by atoms with E-state index in [1.54, 1.807) is 0 Å². The van der Waals surface area contributed by atoms with Crippen LogP contribution in [0.15, 0.2) is 18.2 Å². The summed E-state index contributed by atoms with van der Waals surface area (Å²) < 4.78 is 2.51. The van der Waals surface area contributed by atoms with Gasteiger partial charge in [-0.05, 0) is 50.3 Å². The molecule has 1 heterocycles. The summed E-state index contributed by atoms with van der Waals surface area (Å²) in [6.45, 7) is 2.31. The third-order valence-electron chi connectivity index (χ3n) is 5.44. The monoisotopic (exact) mass is 279 g/mol. The van der Waals surface area contributed by atoms with E-state index < -0.39 is 0 Å².